The Kier molecular flexibility index (Phi) is 6.86. The minimum atomic E-state index is -0.0871. The summed E-state index contributed by atoms with van der Waals surface area (Å²) in [5.74, 6) is -0.0837. The standard InChI is InChI=1S/C22H28N2O3S/c1-16-5-7-18(8-6-16)22-19-10-14-28-20(19)9-12-24(22)21(26)15-23(17(2)25)11-4-13-27-3/h5-8,10,14,22H,4,9,11-13,15H2,1-3H3/t22-/m0/s1. The van der Waals surface area contributed by atoms with Crippen LogP contribution < -0.4 is 0 Å². The molecule has 0 N–H and O–H groups in total. The molecule has 1 aliphatic rings. The lowest BCUT2D eigenvalue weighted by Gasteiger charge is -2.37. The smallest absolute Gasteiger partial charge is 0.242 e. The number of hydrogen-bond acceptors (Lipinski definition) is 4. The van der Waals surface area contributed by atoms with Gasteiger partial charge in [0.15, 0.2) is 0 Å². The number of ether oxygens (including phenoxy) is 1. The van der Waals surface area contributed by atoms with Crippen molar-refractivity contribution < 1.29 is 14.3 Å². The maximum absolute atomic E-state index is 13.2. The third-order valence-corrected chi connectivity index (χ3v) is 6.22. The van der Waals surface area contributed by atoms with Crippen molar-refractivity contribution in [3.8, 4) is 0 Å². The predicted molar refractivity (Wildman–Crippen MR) is 112 cm³/mol. The fourth-order valence-electron chi connectivity index (χ4n) is 3.69. The van der Waals surface area contributed by atoms with Crippen molar-refractivity contribution in [1.29, 1.82) is 0 Å². The number of fused-ring (bicyclic) bond motifs is 1. The topological polar surface area (TPSA) is 49.9 Å². The number of carbonyl (C=O) groups excluding carboxylic acids is 2. The average Bonchev–Trinajstić information content (AvgIpc) is 3.16. The Labute approximate surface area is 170 Å². The molecule has 0 radical (unpaired) electrons. The zero-order valence-corrected chi connectivity index (χ0v) is 17.6. The van der Waals surface area contributed by atoms with Crippen molar-refractivity contribution in [1.82, 2.24) is 9.80 Å². The molecule has 1 atom stereocenters. The van der Waals surface area contributed by atoms with Crippen LogP contribution in [-0.2, 0) is 20.7 Å². The summed E-state index contributed by atoms with van der Waals surface area (Å²) in [6.07, 6.45) is 1.59. The molecule has 1 aromatic heterocycles. The van der Waals surface area contributed by atoms with E-state index in [1.807, 2.05) is 4.90 Å². The zero-order chi connectivity index (χ0) is 20.1. The maximum Gasteiger partial charge on any atom is 0.242 e. The Morgan fingerprint density at radius 1 is 1.25 bits per heavy atom. The van der Waals surface area contributed by atoms with Crippen LogP contribution in [0.4, 0.5) is 0 Å². The largest absolute Gasteiger partial charge is 0.385 e. The van der Waals surface area contributed by atoms with E-state index >= 15 is 0 Å². The molecular formula is C22H28N2O3S. The van der Waals surface area contributed by atoms with Crippen molar-refractivity contribution in [3.05, 3.63) is 57.3 Å². The highest BCUT2D eigenvalue weighted by atomic mass is 32.1. The van der Waals surface area contributed by atoms with Gasteiger partial charge in [0, 0.05) is 38.6 Å². The number of carbonyl (C=O) groups is 2. The van der Waals surface area contributed by atoms with Crippen LogP contribution in [0.1, 0.15) is 41.0 Å². The second kappa shape index (κ2) is 9.34. The van der Waals surface area contributed by atoms with Gasteiger partial charge < -0.3 is 14.5 Å². The van der Waals surface area contributed by atoms with Gasteiger partial charge in [-0.25, -0.2) is 0 Å². The molecule has 28 heavy (non-hydrogen) atoms. The highest BCUT2D eigenvalue weighted by Gasteiger charge is 2.33. The second-order valence-corrected chi connectivity index (χ2v) is 8.24. The molecule has 5 nitrogen and oxygen atoms in total. The van der Waals surface area contributed by atoms with Crippen LogP contribution in [0.2, 0.25) is 0 Å². The summed E-state index contributed by atoms with van der Waals surface area (Å²) in [6.45, 7) is 5.47. The lowest BCUT2D eigenvalue weighted by Crippen LogP contribution is -2.46. The number of aryl methyl sites for hydroxylation is 1. The number of nitrogens with zero attached hydrogens (tertiary/aromatic N) is 2. The number of thiophene rings is 1. The number of hydrogen-bond donors (Lipinski definition) is 0. The van der Waals surface area contributed by atoms with E-state index in [-0.39, 0.29) is 24.4 Å². The Balaban J connectivity index is 1.83. The molecule has 2 aromatic rings. The van der Waals surface area contributed by atoms with E-state index in [4.69, 9.17) is 4.74 Å². The molecule has 0 unspecified atom stereocenters. The average molecular weight is 401 g/mol. The van der Waals surface area contributed by atoms with Crippen molar-refractivity contribution in [3.63, 3.8) is 0 Å². The van der Waals surface area contributed by atoms with E-state index in [0.717, 1.165) is 18.4 Å². The van der Waals surface area contributed by atoms with Crippen molar-refractivity contribution >= 4 is 23.2 Å². The molecule has 1 aromatic carbocycles. The zero-order valence-electron chi connectivity index (χ0n) is 16.8. The molecule has 2 heterocycles. The molecule has 0 aliphatic carbocycles. The van der Waals surface area contributed by atoms with Gasteiger partial charge in [0.25, 0.3) is 0 Å². The van der Waals surface area contributed by atoms with Crippen molar-refractivity contribution in [2.45, 2.75) is 32.7 Å². The summed E-state index contributed by atoms with van der Waals surface area (Å²) in [6, 6.07) is 10.4. The first-order chi connectivity index (χ1) is 13.5. The molecule has 150 valence electrons. The molecule has 0 spiro atoms. The minimum absolute atomic E-state index is 0.00459. The van der Waals surface area contributed by atoms with Gasteiger partial charge in [0.05, 0.1) is 12.6 Å². The summed E-state index contributed by atoms with van der Waals surface area (Å²) >= 11 is 1.76. The summed E-state index contributed by atoms with van der Waals surface area (Å²) in [5, 5.41) is 2.10. The molecule has 6 heteroatoms. The highest BCUT2D eigenvalue weighted by Crippen LogP contribution is 2.37. The minimum Gasteiger partial charge on any atom is -0.385 e. The Morgan fingerprint density at radius 3 is 2.68 bits per heavy atom. The first-order valence-corrected chi connectivity index (χ1v) is 10.6. The Morgan fingerprint density at radius 2 is 2.00 bits per heavy atom. The van der Waals surface area contributed by atoms with Gasteiger partial charge in [-0.3, -0.25) is 9.59 Å². The molecule has 2 amide bonds. The van der Waals surface area contributed by atoms with Crippen LogP contribution in [-0.4, -0.2) is 55.0 Å². The fraction of sp³-hybridized carbons (Fsp3) is 0.455. The fourth-order valence-corrected chi connectivity index (χ4v) is 4.60. The molecule has 1 aliphatic heterocycles. The Hall–Kier alpha value is -2.18. The van der Waals surface area contributed by atoms with E-state index in [1.54, 1.807) is 23.3 Å². The number of benzene rings is 1. The first-order valence-electron chi connectivity index (χ1n) is 9.68. The van der Waals surface area contributed by atoms with Gasteiger partial charge in [-0.1, -0.05) is 29.8 Å². The van der Waals surface area contributed by atoms with Crippen LogP contribution in [0.3, 0.4) is 0 Å². The Bertz CT molecular complexity index is 815. The van der Waals surface area contributed by atoms with Crippen molar-refractivity contribution in [2.75, 3.05) is 33.4 Å². The monoisotopic (exact) mass is 400 g/mol. The SMILES string of the molecule is COCCCN(CC(=O)N1CCc2sccc2[C@@H]1c1ccc(C)cc1)C(C)=O. The molecule has 0 saturated carbocycles. The van der Waals surface area contributed by atoms with Crippen molar-refractivity contribution in [2.24, 2.45) is 0 Å². The number of amides is 2. The van der Waals surface area contributed by atoms with Gasteiger partial charge in [0.2, 0.25) is 11.8 Å². The second-order valence-electron chi connectivity index (χ2n) is 7.24. The van der Waals surface area contributed by atoms with Crippen LogP contribution in [0.15, 0.2) is 35.7 Å². The lowest BCUT2D eigenvalue weighted by atomic mass is 9.92. The quantitative estimate of drug-likeness (QED) is 0.669. The van der Waals surface area contributed by atoms with E-state index in [9.17, 15) is 9.59 Å². The molecular weight excluding hydrogens is 372 g/mol. The first kappa shape index (κ1) is 20.6. The summed E-state index contributed by atoms with van der Waals surface area (Å²) in [7, 11) is 1.64. The van der Waals surface area contributed by atoms with Gasteiger partial charge in [-0.15, -0.1) is 11.3 Å². The summed E-state index contributed by atoms with van der Waals surface area (Å²) < 4.78 is 5.08. The van der Waals surface area contributed by atoms with Gasteiger partial charge in [0.1, 0.15) is 0 Å². The summed E-state index contributed by atoms with van der Waals surface area (Å²) in [4.78, 5) is 30.2. The van der Waals surface area contributed by atoms with E-state index in [0.29, 0.717) is 19.7 Å². The maximum atomic E-state index is 13.2. The molecule has 3 rings (SSSR count). The molecule has 0 saturated heterocycles. The predicted octanol–water partition coefficient (Wildman–Crippen LogP) is 3.42. The number of rotatable bonds is 7. The molecule has 0 bridgehead atoms. The normalized spacial score (nSPS) is 16.0. The third-order valence-electron chi connectivity index (χ3n) is 5.23. The van der Waals surface area contributed by atoms with Gasteiger partial charge in [-0.05, 0) is 42.3 Å². The highest BCUT2D eigenvalue weighted by molar-refractivity contribution is 7.10. The van der Waals surface area contributed by atoms with Gasteiger partial charge in [-0.2, -0.15) is 0 Å². The molecule has 0 fully saturated rings. The van der Waals surface area contributed by atoms with Crippen LogP contribution in [0.5, 0.6) is 0 Å². The number of methoxy groups -OCH3 is 1. The van der Waals surface area contributed by atoms with Crippen LogP contribution in [0, 0.1) is 6.92 Å². The van der Waals surface area contributed by atoms with E-state index in [1.165, 1.54) is 22.9 Å². The third kappa shape index (κ3) is 4.62. The van der Waals surface area contributed by atoms with E-state index in [2.05, 4.69) is 42.6 Å². The van der Waals surface area contributed by atoms with Gasteiger partial charge >= 0.3 is 0 Å². The van der Waals surface area contributed by atoms with E-state index < -0.39 is 0 Å². The lowest BCUT2D eigenvalue weighted by molar-refractivity contribution is -0.140. The summed E-state index contributed by atoms with van der Waals surface area (Å²) in [5.41, 5.74) is 3.53. The van der Waals surface area contributed by atoms with Crippen LogP contribution >= 0.6 is 11.3 Å². The van der Waals surface area contributed by atoms with Crippen LogP contribution in [0.25, 0.3) is 0 Å².